The molecule has 2 bridgehead atoms. The Labute approximate surface area is 159 Å². The molecule has 6 heteroatoms. The zero-order chi connectivity index (χ0) is 19.4. The minimum absolute atomic E-state index is 0.178. The number of methoxy groups -OCH3 is 1. The lowest BCUT2D eigenvalue weighted by Crippen LogP contribution is -2.54. The van der Waals surface area contributed by atoms with E-state index >= 15 is 0 Å². The van der Waals surface area contributed by atoms with E-state index in [-0.39, 0.29) is 12.5 Å². The van der Waals surface area contributed by atoms with Gasteiger partial charge < -0.3 is 14.9 Å². The van der Waals surface area contributed by atoms with Crippen molar-refractivity contribution in [3.05, 3.63) is 48.7 Å². The van der Waals surface area contributed by atoms with Crippen LogP contribution in [0.25, 0.3) is 10.9 Å². The monoisotopic (exact) mass is 370 g/mol. The quantitative estimate of drug-likeness (QED) is 0.636. The Hall–Kier alpha value is -2.44. The lowest BCUT2D eigenvalue weighted by molar-refractivity contribution is -0.122. The molecule has 27 heavy (non-hydrogen) atoms. The summed E-state index contributed by atoms with van der Waals surface area (Å²) in [6, 6.07) is 7.96. The summed E-state index contributed by atoms with van der Waals surface area (Å²) in [6.07, 6.45) is 5.62. The van der Waals surface area contributed by atoms with Gasteiger partial charge in [0, 0.05) is 24.2 Å². The van der Waals surface area contributed by atoms with Crippen molar-refractivity contribution in [1.29, 1.82) is 0 Å². The Morgan fingerprint density at radius 2 is 2.19 bits per heavy atom. The standard InChI is InChI=1S/C20H24N2O2.CH2O2/c1-3-13-12-22-9-7-14(13)10-19(22)20(23)16-6-8-21-18-5-4-15(24-2)11-17(16)18;2-1-3/h3-6,8,11,13-14,19-20,23H,1,7,9-10,12H2,2H3;1H,(H,2,3)/t13-,14?,19-,20-;/m1./s1. The summed E-state index contributed by atoms with van der Waals surface area (Å²) in [5.74, 6) is 2.01. The van der Waals surface area contributed by atoms with Crippen molar-refractivity contribution in [2.45, 2.75) is 25.0 Å². The number of hydrogen-bond donors (Lipinski definition) is 2. The van der Waals surface area contributed by atoms with Crippen LogP contribution in [0.4, 0.5) is 0 Å². The first-order valence-corrected chi connectivity index (χ1v) is 9.18. The topological polar surface area (TPSA) is 82.9 Å². The third-order valence-electron chi connectivity index (χ3n) is 5.82. The Bertz CT molecular complexity index is 810. The number of ether oxygens (including phenoxy) is 1. The van der Waals surface area contributed by atoms with E-state index in [1.54, 1.807) is 13.3 Å². The minimum atomic E-state index is -0.504. The molecule has 2 aromatic rings. The number of nitrogens with zero attached hydrogens (tertiary/aromatic N) is 2. The fourth-order valence-corrected chi connectivity index (χ4v) is 4.44. The Morgan fingerprint density at radius 1 is 1.41 bits per heavy atom. The van der Waals surface area contributed by atoms with E-state index in [1.807, 2.05) is 24.3 Å². The molecule has 2 N–H and O–H groups in total. The molecule has 0 aliphatic carbocycles. The SMILES string of the molecule is C=C[C@@H]1CN2CCC1C[C@@H]2[C@H](O)c1ccnc2ccc(OC)cc12.O=CO. The van der Waals surface area contributed by atoms with Crippen LogP contribution in [0.15, 0.2) is 43.1 Å². The summed E-state index contributed by atoms with van der Waals surface area (Å²) in [5, 5.41) is 19.0. The number of aliphatic hydroxyl groups excluding tert-OH is 1. The summed E-state index contributed by atoms with van der Waals surface area (Å²) in [4.78, 5) is 15.2. The number of rotatable bonds is 4. The molecule has 144 valence electrons. The highest BCUT2D eigenvalue weighted by Crippen LogP contribution is 2.42. The second-order valence-corrected chi connectivity index (χ2v) is 7.08. The van der Waals surface area contributed by atoms with E-state index in [4.69, 9.17) is 14.6 Å². The van der Waals surface area contributed by atoms with Crippen LogP contribution in [0.1, 0.15) is 24.5 Å². The number of fused-ring (bicyclic) bond motifs is 4. The van der Waals surface area contributed by atoms with Crippen LogP contribution in [0.5, 0.6) is 5.75 Å². The molecule has 6 nitrogen and oxygen atoms in total. The lowest BCUT2D eigenvalue weighted by atomic mass is 9.73. The molecule has 0 saturated carbocycles. The Kier molecular flexibility index (Phi) is 6.08. The van der Waals surface area contributed by atoms with Gasteiger partial charge in [-0.05, 0) is 61.1 Å². The molecule has 0 spiro atoms. The molecule has 0 amide bonds. The van der Waals surface area contributed by atoms with Gasteiger partial charge in [-0.25, -0.2) is 0 Å². The van der Waals surface area contributed by atoms with Gasteiger partial charge in [-0.2, -0.15) is 0 Å². The average molecular weight is 370 g/mol. The molecule has 3 saturated heterocycles. The minimum Gasteiger partial charge on any atom is -0.497 e. The van der Waals surface area contributed by atoms with Gasteiger partial charge in [0.1, 0.15) is 5.75 Å². The number of carbonyl (C=O) groups is 1. The maximum atomic E-state index is 11.2. The Balaban J connectivity index is 0.000000659. The van der Waals surface area contributed by atoms with Crippen LogP contribution in [-0.4, -0.2) is 52.8 Å². The second kappa shape index (κ2) is 8.50. The molecule has 5 atom stereocenters. The van der Waals surface area contributed by atoms with Crippen LogP contribution < -0.4 is 4.74 Å². The van der Waals surface area contributed by atoms with Gasteiger partial charge in [-0.3, -0.25) is 14.7 Å². The molecule has 3 aliphatic heterocycles. The van der Waals surface area contributed by atoms with E-state index in [0.29, 0.717) is 11.8 Å². The molecule has 2 unspecified atom stereocenters. The van der Waals surface area contributed by atoms with Gasteiger partial charge in [-0.15, -0.1) is 6.58 Å². The first kappa shape index (κ1) is 19.3. The van der Waals surface area contributed by atoms with Crippen LogP contribution >= 0.6 is 0 Å². The predicted molar refractivity (Wildman–Crippen MR) is 104 cm³/mol. The van der Waals surface area contributed by atoms with Crippen molar-refractivity contribution in [1.82, 2.24) is 9.88 Å². The Morgan fingerprint density at radius 3 is 2.81 bits per heavy atom. The maximum Gasteiger partial charge on any atom is 0.290 e. The fraction of sp³-hybridized carbons (Fsp3) is 0.429. The van der Waals surface area contributed by atoms with E-state index in [1.165, 1.54) is 6.42 Å². The number of piperidine rings is 3. The normalized spacial score (nSPS) is 27.3. The number of carboxylic acid groups (broad SMARTS) is 1. The van der Waals surface area contributed by atoms with Crippen LogP contribution in [0.2, 0.25) is 0 Å². The summed E-state index contributed by atoms with van der Waals surface area (Å²) >= 11 is 0. The molecule has 3 aliphatic rings. The molecule has 4 heterocycles. The number of pyridine rings is 1. The largest absolute Gasteiger partial charge is 0.497 e. The van der Waals surface area contributed by atoms with Crippen molar-refractivity contribution in [3.63, 3.8) is 0 Å². The zero-order valence-corrected chi connectivity index (χ0v) is 15.5. The van der Waals surface area contributed by atoms with Crippen molar-refractivity contribution >= 4 is 17.4 Å². The molecule has 1 aromatic carbocycles. The van der Waals surface area contributed by atoms with Gasteiger partial charge in [0.25, 0.3) is 6.47 Å². The van der Waals surface area contributed by atoms with Crippen molar-refractivity contribution in [3.8, 4) is 5.75 Å². The highest BCUT2D eigenvalue weighted by atomic mass is 16.5. The summed E-state index contributed by atoms with van der Waals surface area (Å²) < 4.78 is 5.35. The van der Waals surface area contributed by atoms with E-state index in [2.05, 4.69) is 22.5 Å². The third-order valence-corrected chi connectivity index (χ3v) is 5.82. The summed E-state index contributed by atoms with van der Waals surface area (Å²) in [5.41, 5.74) is 1.85. The smallest absolute Gasteiger partial charge is 0.290 e. The molecule has 0 radical (unpaired) electrons. The number of benzene rings is 1. The summed E-state index contributed by atoms with van der Waals surface area (Å²) in [6.45, 7) is 5.82. The third kappa shape index (κ3) is 3.82. The summed E-state index contributed by atoms with van der Waals surface area (Å²) in [7, 11) is 1.66. The van der Waals surface area contributed by atoms with Crippen LogP contribution in [-0.2, 0) is 4.79 Å². The molecule has 5 rings (SSSR count). The highest BCUT2D eigenvalue weighted by molar-refractivity contribution is 5.83. The van der Waals surface area contributed by atoms with Gasteiger partial charge in [0.05, 0.1) is 18.7 Å². The van der Waals surface area contributed by atoms with Crippen LogP contribution in [0, 0.1) is 11.8 Å². The average Bonchev–Trinajstić information content (AvgIpc) is 2.73. The van der Waals surface area contributed by atoms with Gasteiger partial charge in [0.2, 0.25) is 0 Å². The van der Waals surface area contributed by atoms with E-state index < -0.39 is 6.10 Å². The first-order valence-electron chi connectivity index (χ1n) is 9.18. The molecule has 1 aromatic heterocycles. The van der Waals surface area contributed by atoms with E-state index in [9.17, 15) is 5.11 Å². The second-order valence-electron chi connectivity index (χ2n) is 7.08. The van der Waals surface area contributed by atoms with Crippen LogP contribution in [0.3, 0.4) is 0 Å². The molecular formula is C21H26N2O4. The highest BCUT2D eigenvalue weighted by Gasteiger charge is 2.42. The lowest BCUT2D eigenvalue weighted by Gasteiger charge is -2.50. The fourth-order valence-electron chi connectivity index (χ4n) is 4.44. The zero-order valence-electron chi connectivity index (χ0n) is 15.5. The van der Waals surface area contributed by atoms with Gasteiger partial charge in [0.15, 0.2) is 0 Å². The van der Waals surface area contributed by atoms with E-state index in [0.717, 1.165) is 41.7 Å². The van der Waals surface area contributed by atoms with Gasteiger partial charge >= 0.3 is 0 Å². The number of aromatic nitrogens is 1. The van der Waals surface area contributed by atoms with Crippen molar-refractivity contribution in [2.24, 2.45) is 11.8 Å². The number of hydrogen-bond acceptors (Lipinski definition) is 5. The maximum absolute atomic E-state index is 11.2. The predicted octanol–water partition coefficient (Wildman–Crippen LogP) is 2.87. The molecular weight excluding hydrogens is 344 g/mol. The molecule has 3 fully saturated rings. The van der Waals surface area contributed by atoms with Gasteiger partial charge in [-0.1, -0.05) is 6.08 Å². The number of aliphatic hydroxyl groups is 1. The van der Waals surface area contributed by atoms with Crippen molar-refractivity contribution < 1.29 is 19.7 Å². The first-order chi connectivity index (χ1) is 13.1. The van der Waals surface area contributed by atoms with Crippen molar-refractivity contribution in [2.75, 3.05) is 20.2 Å².